The van der Waals surface area contributed by atoms with Gasteiger partial charge in [-0.05, 0) is 12.8 Å². The van der Waals surface area contributed by atoms with Crippen molar-refractivity contribution in [3.63, 3.8) is 0 Å². The zero-order valence-corrected chi connectivity index (χ0v) is 9.97. The lowest BCUT2D eigenvalue weighted by Gasteiger charge is -2.30. The molecule has 1 N–H and O–H groups in total. The van der Waals surface area contributed by atoms with Crippen molar-refractivity contribution >= 4 is 15.9 Å². The van der Waals surface area contributed by atoms with Crippen molar-refractivity contribution in [2.75, 3.05) is 26.2 Å². The minimum Gasteiger partial charge on any atom is -0.396 e. The standard InChI is InChI=1S/C9H19BrO3/c1-12-9(13-2,5-3-7-10)6-4-8-11/h11H,3-8H2,1-2H3. The summed E-state index contributed by atoms with van der Waals surface area (Å²) in [6.45, 7) is 0.183. The Hall–Kier alpha value is 0.360. The van der Waals surface area contributed by atoms with Crippen molar-refractivity contribution in [2.24, 2.45) is 0 Å². The van der Waals surface area contributed by atoms with Crippen LogP contribution < -0.4 is 0 Å². The van der Waals surface area contributed by atoms with E-state index in [9.17, 15) is 0 Å². The van der Waals surface area contributed by atoms with Crippen molar-refractivity contribution < 1.29 is 14.6 Å². The van der Waals surface area contributed by atoms with Crippen molar-refractivity contribution in [1.82, 2.24) is 0 Å². The highest BCUT2D eigenvalue weighted by molar-refractivity contribution is 9.09. The molecular weight excluding hydrogens is 236 g/mol. The van der Waals surface area contributed by atoms with Gasteiger partial charge in [0.2, 0.25) is 0 Å². The van der Waals surface area contributed by atoms with Crippen LogP contribution in [-0.2, 0) is 9.47 Å². The summed E-state index contributed by atoms with van der Waals surface area (Å²) in [7, 11) is 3.30. The second-order valence-corrected chi connectivity index (χ2v) is 3.73. The van der Waals surface area contributed by atoms with Crippen LogP contribution in [0.15, 0.2) is 0 Å². The largest absolute Gasteiger partial charge is 0.396 e. The van der Waals surface area contributed by atoms with Crippen LogP contribution >= 0.6 is 15.9 Å². The molecule has 0 spiro atoms. The summed E-state index contributed by atoms with van der Waals surface area (Å²) < 4.78 is 10.7. The second-order valence-electron chi connectivity index (χ2n) is 2.94. The van der Waals surface area contributed by atoms with Gasteiger partial charge in [-0.25, -0.2) is 0 Å². The number of aliphatic hydroxyl groups excluding tert-OH is 1. The van der Waals surface area contributed by atoms with E-state index >= 15 is 0 Å². The number of hydrogen-bond acceptors (Lipinski definition) is 3. The molecule has 0 aromatic rings. The Balaban J connectivity index is 3.97. The van der Waals surface area contributed by atoms with Crippen LogP contribution in [0, 0.1) is 0 Å². The fraction of sp³-hybridized carbons (Fsp3) is 1.00. The van der Waals surface area contributed by atoms with Gasteiger partial charge in [0.05, 0.1) is 0 Å². The van der Waals surface area contributed by atoms with E-state index in [1.807, 2.05) is 0 Å². The van der Waals surface area contributed by atoms with E-state index < -0.39 is 5.79 Å². The Kier molecular flexibility index (Phi) is 7.95. The maximum Gasteiger partial charge on any atom is 0.167 e. The zero-order chi connectivity index (χ0) is 10.2. The summed E-state index contributed by atoms with van der Waals surface area (Å²) in [5, 5.41) is 9.67. The van der Waals surface area contributed by atoms with E-state index in [2.05, 4.69) is 15.9 Å². The molecule has 4 heteroatoms. The Morgan fingerprint density at radius 3 is 2.08 bits per heavy atom. The highest BCUT2D eigenvalue weighted by atomic mass is 79.9. The highest BCUT2D eigenvalue weighted by Gasteiger charge is 2.27. The smallest absolute Gasteiger partial charge is 0.167 e. The van der Waals surface area contributed by atoms with Crippen molar-refractivity contribution in [3.8, 4) is 0 Å². The van der Waals surface area contributed by atoms with Crippen LogP contribution in [0.2, 0.25) is 0 Å². The zero-order valence-electron chi connectivity index (χ0n) is 8.38. The highest BCUT2D eigenvalue weighted by Crippen LogP contribution is 2.24. The summed E-state index contributed by atoms with van der Waals surface area (Å²) in [5.74, 6) is -0.503. The van der Waals surface area contributed by atoms with E-state index in [1.54, 1.807) is 14.2 Å². The summed E-state index contributed by atoms with van der Waals surface area (Å²) >= 11 is 3.37. The summed E-state index contributed by atoms with van der Waals surface area (Å²) in [6, 6.07) is 0. The van der Waals surface area contributed by atoms with Gasteiger partial charge >= 0.3 is 0 Å². The Labute approximate surface area is 88.5 Å². The molecule has 0 radical (unpaired) electrons. The molecule has 0 aliphatic rings. The van der Waals surface area contributed by atoms with Gasteiger partial charge in [0.1, 0.15) is 0 Å². The van der Waals surface area contributed by atoms with Crippen molar-refractivity contribution in [3.05, 3.63) is 0 Å². The molecule has 80 valence electrons. The number of ether oxygens (including phenoxy) is 2. The third kappa shape index (κ3) is 4.96. The minimum atomic E-state index is -0.503. The second kappa shape index (κ2) is 7.74. The third-order valence-corrected chi connectivity index (χ3v) is 2.71. The van der Waals surface area contributed by atoms with E-state index in [-0.39, 0.29) is 6.61 Å². The molecule has 0 bridgehead atoms. The molecule has 0 heterocycles. The number of methoxy groups -OCH3 is 2. The third-order valence-electron chi connectivity index (χ3n) is 2.15. The van der Waals surface area contributed by atoms with E-state index in [1.165, 1.54) is 0 Å². The molecule has 0 aromatic heterocycles. The van der Waals surface area contributed by atoms with Crippen molar-refractivity contribution in [1.29, 1.82) is 0 Å². The van der Waals surface area contributed by atoms with E-state index in [0.717, 1.165) is 24.6 Å². The first-order valence-corrected chi connectivity index (χ1v) is 5.64. The average molecular weight is 255 g/mol. The van der Waals surface area contributed by atoms with Crippen LogP contribution in [0.4, 0.5) is 0 Å². The van der Waals surface area contributed by atoms with Crippen molar-refractivity contribution in [2.45, 2.75) is 31.5 Å². The number of alkyl halides is 1. The molecular formula is C9H19BrO3. The van der Waals surface area contributed by atoms with Crippen LogP contribution in [-0.4, -0.2) is 37.1 Å². The maximum absolute atomic E-state index is 8.73. The number of aliphatic hydroxyl groups is 1. The minimum absolute atomic E-state index is 0.183. The molecule has 13 heavy (non-hydrogen) atoms. The molecule has 0 saturated carbocycles. The summed E-state index contributed by atoms with van der Waals surface area (Å²) in [5.41, 5.74) is 0. The first-order valence-electron chi connectivity index (χ1n) is 4.52. The van der Waals surface area contributed by atoms with E-state index in [0.29, 0.717) is 6.42 Å². The lowest BCUT2D eigenvalue weighted by atomic mass is 10.1. The monoisotopic (exact) mass is 254 g/mol. The Bertz CT molecular complexity index is 105. The Morgan fingerprint density at radius 1 is 1.15 bits per heavy atom. The average Bonchev–Trinajstić information content (AvgIpc) is 2.20. The lowest BCUT2D eigenvalue weighted by Crippen LogP contribution is -2.34. The maximum atomic E-state index is 8.73. The molecule has 0 rings (SSSR count). The lowest BCUT2D eigenvalue weighted by molar-refractivity contribution is -0.216. The van der Waals surface area contributed by atoms with Gasteiger partial charge in [0.15, 0.2) is 5.79 Å². The van der Waals surface area contributed by atoms with Gasteiger partial charge in [-0.1, -0.05) is 15.9 Å². The number of rotatable bonds is 8. The van der Waals surface area contributed by atoms with Gasteiger partial charge in [-0.15, -0.1) is 0 Å². The fourth-order valence-corrected chi connectivity index (χ4v) is 1.58. The molecule has 0 atom stereocenters. The molecule has 3 nitrogen and oxygen atoms in total. The van der Waals surface area contributed by atoms with Crippen LogP contribution in [0.3, 0.4) is 0 Å². The normalized spacial score (nSPS) is 12.0. The summed E-state index contributed by atoms with van der Waals surface area (Å²) in [6.07, 6.45) is 3.31. The van der Waals surface area contributed by atoms with Gasteiger partial charge in [0, 0.05) is 39.0 Å². The number of hydrogen-bond donors (Lipinski definition) is 1. The molecule has 0 aliphatic carbocycles. The van der Waals surface area contributed by atoms with Gasteiger partial charge < -0.3 is 14.6 Å². The van der Waals surface area contributed by atoms with Gasteiger partial charge in [-0.3, -0.25) is 0 Å². The van der Waals surface area contributed by atoms with Crippen LogP contribution in [0.1, 0.15) is 25.7 Å². The van der Waals surface area contributed by atoms with Crippen LogP contribution in [0.5, 0.6) is 0 Å². The first-order chi connectivity index (χ1) is 6.24. The van der Waals surface area contributed by atoms with Gasteiger partial charge in [0.25, 0.3) is 0 Å². The SMILES string of the molecule is COC(CCCO)(CCCBr)OC. The fourth-order valence-electron chi connectivity index (χ4n) is 1.30. The predicted molar refractivity (Wildman–Crippen MR) is 56.1 cm³/mol. The van der Waals surface area contributed by atoms with E-state index in [4.69, 9.17) is 14.6 Å². The molecule has 0 amide bonds. The molecule has 0 unspecified atom stereocenters. The van der Waals surface area contributed by atoms with Gasteiger partial charge in [-0.2, -0.15) is 0 Å². The number of halogens is 1. The molecule has 0 saturated heterocycles. The summed E-state index contributed by atoms with van der Waals surface area (Å²) in [4.78, 5) is 0. The Morgan fingerprint density at radius 2 is 1.69 bits per heavy atom. The topological polar surface area (TPSA) is 38.7 Å². The predicted octanol–water partition coefficient (Wildman–Crippen LogP) is 1.92. The van der Waals surface area contributed by atoms with Crippen LogP contribution in [0.25, 0.3) is 0 Å². The quantitative estimate of drug-likeness (QED) is 0.532. The molecule has 0 fully saturated rings. The first kappa shape index (κ1) is 13.4. The molecule has 0 aliphatic heterocycles. The molecule has 0 aromatic carbocycles.